The fourth-order valence-electron chi connectivity index (χ4n) is 12.8. The van der Waals surface area contributed by atoms with Crippen molar-refractivity contribution in [1.82, 2.24) is 5.32 Å². The lowest BCUT2D eigenvalue weighted by atomic mass is 9.43. The van der Waals surface area contributed by atoms with Crippen LogP contribution in [0, 0.1) is 39.4 Å². The minimum absolute atomic E-state index is 0.0975. The van der Waals surface area contributed by atoms with Gasteiger partial charge in [0.1, 0.15) is 18.3 Å². The predicted molar refractivity (Wildman–Crippen MR) is 151 cm³/mol. The highest BCUT2D eigenvalue weighted by molar-refractivity contribution is 5.40. The van der Waals surface area contributed by atoms with Gasteiger partial charge in [0.15, 0.2) is 0 Å². The van der Waals surface area contributed by atoms with Crippen molar-refractivity contribution in [3.05, 3.63) is 0 Å². The van der Waals surface area contributed by atoms with Gasteiger partial charge in [-0.2, -0.15) is 0 Å². The molecule has 5 aliphatic carbocycles. The summed E-state index contributed by atoms with van der Waals surface area (Å²) in [6.07, 6.45) is 4.50. The second kappa shape index (κ2) is 8.42. The zero-order chi connectivity index (χ0) is 28.6. The van der Waals surface area contributed by atoms with E-state index in [4.69, 9.17) is 15.2 Å². The molecule has 0 unspecified atom stereocenters. The van der Waals surface area contributed by atoms with Crippen molar-refractivity contribution in [1.29, 1.82) is 0 Å². The van der Waals surface area contributed by atoms with E-state index in [1.54, 1.807) is 13.8 Å². The molecule has 6 aliphatic rings. The highest BCUT2D eigenvalue weighted by Gasteiger charge is 2.89. The first-order valence-corrected chi connectivity index (χ1v) is 16.0. The Bertz CT molecular complexity index is 1000. The van der Waals surface area contributed by atoms with E-state index in [1.165, 1.54) is 0 Å². The fraction of sp³-hybridized carbons (Fsp3) is 1.00. The zero-order valence-corrected chi connectivity index (χ0v) is 25.7. The number of fused-ring (bicyclic) bond motifs is 4. The van der Waals surface area contributed by atoms with Gasteiger partial charge in [-0.3, -0.25) is 0 Å². The van der Waals surface area contributed by atoms with Gasteiger partial charge in [0.2, 0.25) is 0 Å². The van der Waals surface area contributed by atoms with E-state index in [0.717, 1.165) is 44.9 Å². The molecule has 0 radical (unpaired) electrons. The first kappa shape index (κ1) is 28.8. The maximum absolute atomic E-state index is 12.4. The fourth-order valence-corrected chi connectivity index (χ4v) is 12.8. The van der Waals surface area contributed by atoms with Crippen LogP contribution < -0.4 is 11.1 Å². The van der Waals surface area contributed by atoms with Gasteiger partial charge in [-0.25, -0.2) is 0 Å². The number of rotatable bonds is 5. The van der Waals surface area contributed by atoms with Crippen LogP contribution in [0.15, 0.2) is 0 Å². The first-order chi connectivity index (χ1) is 18.1. The summed E-state index contributed by atoms with van der Waals surface area (Å²) in [6, 6.07) is 0. The summed E-state index contributed by atoms with van der Waals surface area (Å²) in [5, 5.41) is 38.3. The number of hydrogen-bond donors (Lipinski definition) is 5. The molecule has 6 N–H and O–H groups in total. The van der Waals surface area contributed by atoms with Crippen molar-refractivity contribution in [2.24, 2.45) is 45.1 Å². The van der Waals surface area contributed by atoms with Crippen molar-refractivity contribution >= 4 is 0 Å². The minimum atomic E-state index is -1.08. The van der Waals surface area contributed by atoms with E-state index < -0.39 is 35.0 Å². The van der Waals surface area contributed by atoms with Crippen LogP contribution in [0.25, 0.3) is 0 Å². The van der Waals surface area contributed by atoms with Crippen LogP contribution in [-0.2, 0) is 9.47 Å². The molecule has 0 aromatic rings. The summed E-state index contributed by atoms with van der Waals surface area (Å²) in [7, 11) is 0. The number of aliphatic hydroxyl groups is 3. The van der Waals surface area contributed by atoms with Gasteiger partial charge in [-0.15, -0.1) is 0 Å². The molecular weight excluding hydrogens is 492 g/mol. The number of morpholine rings is 1. The van der Waals surface area contributed by atoms with Crippen LogP contribution in [0.2, 0.25) is 0 Å². The summed E-state index contributed by atoms with van der Waals surface area (Å²) < 4.78 is 12.9. The molecular formula is C32H56N2O5. The monoisotopic (exact) mass is 548 g/mol. The van der Waals surface area contributed by atoms with Crippen LogP contribution in [-0.4, -0.2) is 75.7 Å². The average Bonchev–Trinajstić information content (AvgIpc) is 3.37. The summed E-state index contributed by atoms with van der Waals surface area (Å²) in [6.45, 7) is 18.1. The molecule has 2 spiro atoms. The number of ether oxygens (including phenoxy) is 2. The molecule has 39 heavy (non-hydrogen) atoms. The largest absolute Gasteiger partial charge is 0.393 e. The van der Waals surface area contributed by atoms with Crippen LogP contribution in [0.1, 0.15) is 100 Å². The van der Waals surface area contributed by atoms with Crippen molar-refractivity contribution in [3.8, 4) is 0 Å². The number of nitrogens with two attached hydrogens (primary N) is 1. The Kier molecular flexibility index (Phi) is 6.22. The zero-order valence-electron chi connectivity index (χ0n) is 25.7. The van der Waals surface area contributed by atoms with Gasteiger partial charge in [0, 0.05) is 18.6 Å². The van der Waals surface area contributed by atoms with E-state index in [2.05, 4.69) is 39.9 Å². The van der Waals surface area contributed by atoms with E-state index in [-0.39, 0.29) is 39.8 Å². The number of nitrogens with one attached hydrogen (secondary N) is 1. The first-order valence-electron chi connectivity index (χ1n) is 16.0. The molecule has 7 nitrogen and oxygen atoms in total. The van der Waals surface area contributed by atoms with Crippen molar-refractivity contribution < 1.29 is 24.8 Å². The van der Waals surface area contributed by atoms with Crippen LogP contribution in [0.3, 0.4) is 0 Å². The van der Waals surface area contributed by atoms with E-state index in [9.17, 15) is 15.3 Å². The van der Waals surface area contributed by atoms with Gasteiger partial charge < -0.3 is 35.8 Å². The molecule has 6 rings (SSSR count). The molecule has 13 atom stereocenters. The molecule has 1 heterocycles. The molecule has 7 heteroatoms. The smallest absolute Gasteiger partial charge is 0.113 e. The van der Waals surface area contributed by atoms with Gasteiger partial charge in [-0.05, 0) is 99.7 Å². The molecule has 224 valence electrons. The van der Waals surface area contributed by atoms with Crippen molar-refractivity contribution in [2.45, 2.75) is 148 Å². The standard InChI is InChI=1S/C32H56N2O5/c1-9-31-25(39-19(17-34-31)24(38-10-2)27(6,7)37)23(36)32(33)21-12-11-20-26(4,5)22(35)13-14-29(20)18(3)30(21,29)16-15-28(31,32)8/h18-25,34-37H,9-17,33H2,1-8H3/t18-,19-,20+,21-,22+,23+,24+,25-,28-,29-,30+,31-,32+/m1/s1. The average molecular weight is 549 g/mol. The highest BCUT2D eigenvalue weighted by Crippen LogP contribution is 2.90. The lowest BCUT2D eigenvalue weighted by molar-refractivity contribution is -0.209. The molecule has 0 aromatic carbocycles. The van der Waals surface area contributed by atoms with Crippen molar-refractivity contribution in [3.63, 3.8) is 0 Å². The third-order valence-corrected chi connectivity index (χ3v) is 14.6. The van der Waals surface area contributed by atoms with E-state index >= 15 is 0 Å². The van der Waals surface area contributed by atoms with Gasteiger partial charge >= 0.3 is 0 Å². The summed E-state index contributed by atoms with van der Waals surface area (Å²) in [4.78, 5) is 0. The molecule has 6 fully saturated rings. The Hall–Kier alpha value is -0.280. The Labute approximate surface area is 236 Å². The quantitative estimate of drug-likeness (QED) is 0.358. The van der Waals surface area contributed by atoms with Gasteiger partial charge in [0.05, 0.1) is 28.9 Å². The minimum Gasteiger partial charge on any atom is -0.393 e. The van der Waals surface area contributed by atoms with Crippen LogP contribution >= 0.6 is 0 Å². The molecule has 1 saturated heterocycles. The molecule has 0 aromatic heterocycles. The topological polar surface area (TPSA) is 117 Å². The molecule has 0 bridgehead atoms. The van der Waals surface area contributed by atoms with Gasteiger partial charge in [-0.1, -0.05) is 34.6 Å². The van der Waals surface area contributed by atoms with Crippen LogP contribution in [0.4, 0.5) is 0 Å². The second-order valence-electron chi connectivity index (χ2n) is 15.9. The predicted octanol–water partition coefficient (Wildman–Crippen LogP) is 3.37. The second-order valence-corrected chi connectivity index (χ2v) is 15.9. The molecule has 0 amide bonds. The summed E-state index contributed by atoms with van der Waals surface area (Å²) in [5.74, 6) is 1.25. The molecule has 5 saturated carbocycles. The Morgan fingerprint density at radius 1 is 1.03 bits per heavy atom. The maximum Gasteiger partial charge on any atom is 0.113 e. The third-order valence-electron chi connectivity index (χ3n) is 14.6. The third kappa shape index (κ3) is 3.00. The number of aliphatic hydroxyl groups excluding tert-OH is 2. The SMILES string of the molecule is CCO[C@@H]([C@H]1CN[C@]2(CC)[C@H](O1)[C@H](O)[C@@]1(N)[C@@H]3CC[C@H]4C(C)(C)[C@@H](O)CC[C@@]45[C@@H](C)[C@@]35CC[C@@]12C)C(C)(C)O. The lowest BCUT2D eigenvalue weighted by Gasteiger charge is -2.64. The van der Waals surface area contributed by atoms with E-state index in [1.807, 2.05) is 6.92 Å². The Morgan fingerprint density at radius 2 is 1.67 bits per heavy atom. The maximum atomic E-state index is 12.4. The Balaban J connectivity index is 1.40. The molecule has 1 aliphatic heterocycles. The number of hydrogen-bond acceptors (Lipinski definition) is 7. The lowest BCUT2D eigenvalue weighted by Crippen LogP contribution is -2.74. The normalized spacial score (nSPS) is 56.5. The summed E-state index contributed by atoms with van der Waals surface area (Å²) in [5.41, 5.74) is 5.35. The highest BCUT2D eigenvalue weighted by atomic mass is 16.6. The van der Waals surface area contributed by atoms with Crippen LogP contribution in [0.5, 0.6) is 0 Å². The van der Waals surface area contributed by atoms with Crippen molar-refractivity contribution in [2.75, 3.05) is 13.2 Å². The van der Waals surface area contributed by atoms with Gasteiger partial charge in [0.25, 0.3) is 0 Å². The Morgan fingerprint density at radius 3 is 2.28 bits per heavy atom. The van der Waals surface area contributed by atoms with E-state index in [0.29, 0.717) is 25.0 Å². The summed E-state index contributed by atoms with van der Waals surface area (Å²) >= 11 is 0.